The Morgan fingerprint density at radius 3 is 2.00 bits per heavy atom. The molecule has 3 aromatic rings. The maximum Gasteiger partial charge on any atom is 0.332 e. The molecule has 1 saturated heterocycles. The smallest absolute Gasteiger partial charge is 0.312 e. The van der Waals surface area contributed by atoms with E-state index in [0.717, 1.165) is 21.6 Å². The van der Waals surface area contributed by atoms with E-state index in [-0.39, 0.29) is 5.91 Å². The minimum atomic E-state index is -1.01. The van der Waals surface area contributed by atoms with Crippen LogP contribution < -0.4 is 4.90 Å². The van der Waals surface area contributed by atoms with E-state index in [1.807, 2.05) is 42.5 Å². The lowest BCUT2D eigenvalue weighted by atomic mass is 9.90. The van der Waals surface area contributed by atoms with Crippen LogP contribution >= 0.6 is 23.2 Å². The Kier molecular flexibility index (Phi) is 5.31. The zero-order valence-electron chi connectivity index (χ0n) is 16.6. The van der Waals surface area contributed by atoms with Gasteiger partial charge < -0.3 is 4.90 Å². The van der Waals surface area contributed by atoms with Crippen molar-refractivity contribution in [1.29, 1.82) is 0 Å². The topological polar surface area (TPSA) is 40.6 Å². The highest BCUT2D eigenvalue weighted by Gasteiger charge is 2.53. The summed E-state index contributed by atoms with van der Waals surface area (Å²) in [7, 11) is 1.64. The normalized spacial score (nSPS) is 18.9. The van der Waals surface area contributed by atoms with Crippen molar-refractivity contribution in [1.82, 2.24) is 4.90 Å². The van der Waals surface area contributed by atoms with E-state index in [4.69, 9.17) is 23.2 Å². The van der Waals surface area contributed by atoms with Gasteiger partial charge in [-0.15, -0.1) is 0 Å². The zero-order chi connectivity index (χ0) is 21.5. The monoisotopic (exact) mass is 438 g/mol. The summed E-state index contributed by atoms with van der Waals surface area (Å²) in [6.45, 7) is 1.78. The molecule has 0 bridgehead atoms. The second-order valence-corrected chi connectivity index (χ2v) is 8.50. The lowest BCUT2D eigenvalue weighted by Gasteiger charge is -2.28. The van der Waals surface area contributed by atoms with Crippen LogP contribution in [-0.4, -0.2) is 29.4 Å². The van der Waals surface area contributed by atoms with Crippen LogP contribution in [0.3, 0.4) is 0 Å². The number of hydrogen-bond donors (Lipinski definition) is 0. The summed E-state index contributed by atoms with van der Waals surface area (Å²) < 4.78 is 0. The van der Waals surface area contributed by atoms with Gasteiger partial charge in [-0.05, 0) is 41.8 Å². The number of urea groups is 1. The molecule has 1 aliphatic rings. The van der Waals surface area contributed by atoms with Crippen LogP contribution in [0, 0.1) is 0 Å². The second-order valence-electron chi connectivity index (χ2n) is 7.62. The van der Waals surface area contributed by atoms with Crippen molar-refractivity contribution < 1.29 is 9.59 Å². The van der Waals surface area contributed by atoms with Crippen molar-refractivity contribution in [3.8, 4) is 11.1 Å². The molecule has 152 valence electrons. The van der Waals surface area contributed by atoms with Crippen molar-refractivity contribution >= 4 is 40.8 Å². The predicted molar refractivity (Wildman–Crippen MR) is 121 cm³/mol. The number of hydrogen-bond acceptors (Lipinski definition) is 2. The van der Waals surface area contributed by atoms with Crippen LogP contribution in [0.1, 0.15) is 12.5 Å². The molecule has 0 saturated carbocycles. The molecule has 0 spiro atoms. The predicted octanol–water partition coefficient (Wildman–Crippen LogP) is 6.06. The Hall–Kier alpha value is -2.82. The number of anilines is 1. The summed E-state index contributed by atoms with van der Waals surface area (Å²) in [6, 6.07) is 22.4. The molecule has 4 nitrogen and oxygen atoms in total. The number of rotatable bonds is 4. The lowest BCUT2D eigenvalue weighted by molar-refractivity contribution is -0.123. The van der Waals surface area contributed by atoms with E-state index in [1.54, 1.807) is 32.2 Å². The highest BCUT2D eigenvalue weighted by atomic mass is 35.5. The fraction of sp³-hybridized carbons (Fsp3) is 0.167. The van der Waals surface area contributed by atoms with Gasteiger partial charge in [0.25, 0.3) is 5.91 Å². The quantitative estimate of drug-likeness (QED) is 0.464. The van der Waals surface area contributed by atoms with Crippen LogP contribution in [0.5, 0.6) is 0 Å². The van der Waals surface area contributed by atoms with Crippen LogP contribution in [0.25, 0.3) is 11.1 Å². The highest BCUT2D eigenvalue weighted by molar-refractivity contribution is 6.35. The van der Waals surface area contributed by atoms with E-state index in [2.05, 4.69) is 12.1 Å². The number of nitrogens with zero attached hydrogens (tertiary/aromatic N) is 2. The van der Waals surface area contributed by atoms with Gasteiger partial charge in [0.05, 0.1) is 5.69 Å². The summed E-state index contributed by atoms with van der Waals surface area (Å²) in [5, 5.41) is 0.733. The molecule has 1 fully saturated rings. The van der Waals surface area contributed by atoms with Gasteiger partial charge in [0.2, 0.25) is 0 Å². The lowest BCUT2D eigenvalue weighted by Crippen LogP contribution is -2.47. The number of likely N-dealkylation sites (N-methyl/N-ethyl adjacent to an activating group) is 1. The molecule has 0 unspecified atom stereocenters. The van der Waals surface area contributed by atoms with Gasteiger partial charge in [-0.1, -0.05) is 77.8 Å². The molecule has 0 N–H and O–H groups in total. The van der Waals surface area contributed by atoms with Gasteiger partial charge in [0.1, 0.15) is 5.54 Å². The van der Waals surface area contributed by atoms with Crippen molar-refractivity contribution in [2.75, 3.05) is 11.9 Å². The van der Waals surface area contributed by atoms with Crippen LogP contribution in [0.4, 0.5) is 10.5 Å². The van der Waals surface area contributed by atoms with Gasteiger partial charge in [-0.3, -0.25) is 4.79 Å². The summed E-state index contributed by atoms with van der Waals surface area (Å²) in [5.74, 6) is -0.305. The Balaban J connectivity index is 1.62. The van der Waals surface area contributed by atoms with Gasteiger partial charge >= 0.3 is 6.03 Å². The number of halogens is 2. The summed E-state index contributed by atoms with van der Waals surface area (Å²) >= 11 is 12.2. The second kappa shape index (κ2) is 7.78. The Morgan fingerprint density at radius 2 is 1.40 bits per heavy atom. The van der Waals surface area contributed by atoms with Crippen LogP contribution in [-0.2, 0) is 11.2 Å². The molecular formula is C24H20Cl2N2O2. The molecular weight excluding hydrogens is 419 g/mol. The first kappa shape index (κ1) is 20.5. The molecule has 3 aromatic carbocycles. The van der Waals surface area contributed by atoms with E-state index >= 15 is 0 Å². The SMILES string of the molecule is CN1C(=O)N(c2cc(Cl)cc(Cl)c2)C(=O)[C@@]1(C)Cc1ccc(-c2ccccc2)cc1. The standard InChI is InChI=1S/C24H20Cl2N2O2/c1-24(15-16-8-10-18(11-9-16)17-6-4-3-5-7-17)22(29)28(23(30)27(24)2)21-13-19(25)12-20(26)14-21/h3-14H,15H2,1-2H3/t24-/m1/s1. The molecule has 1 aliphatic heterocycles. The number of carbonyl (C=O) groups is 2. The first-order valence-electron chi connectivity index (χ1n) is 9.52. The third-order valence-corrected chi connectivity index (χ3v) is 6.03. The Bertz CT molecular complexity index is 1100. The molecule has 0 aliphatic carbocycles. The van der Waals surface area contributed by atoms with Crippen molar-refractivity contribution in [2.45, 2.75) is 18.9 Å². The fourth-order valence-electron chi connectivity index (χ4n) is 3.77. The van der Waals surface area contributed by atoms with E-state index in [9.17, 15) is 9.59 Å². The molecule has 4 rings (SSSR count). The van der Waals surface area contributed by atoms with Crippen LogP contribution in [0.15, 0.2) is 72.8 Å². The van der Waals surface area contributed by atoms with Gasteiger partial charge in [0.15, 0.2) is 0 Å². The van der Waals surface area contributed by atoms with Crippen molar-refractivity contribution in [3.63, 3.8) is 0 Å². The minimum Gasteiger partial charge on any atom is -0.312 e. The first-order chi connectivity index (χ1) is 14.3. The zero-order valence-corrected chi connectivity index (χ0v) is 18.1. The maximum absolute atomic E-state index is 13.3. The highest BCUT2D eigenvalue weighted by Crippen LogP contribution is 2.36. The first-order valence-corrected chi connectivity index (χ1v) is 10.3. The van der Waals surface area contributed by atoms with Gasteiger partial charge in [-0.2, -0.15) is 0 Å². The third kappa shape index (κ3) is 3.57. The maximum atomic E-state index is 13.3. The molecule has 1 atom stereocenters. The fourth-order valence-corrected chi connectivity index (χ4v) is 4.28. The molecule has 1 heterocycles. The van der Waals surface area contributed by atoms with Crippen molar-refractivity contribution in [3.05, 3.63) is 88.4 Å². The number of imide groups is 1. The summed E-state index contributed by atoms with van der Waals surface area (Å²) in [6.07, 6.45) is 0.397. The molecule has 30 heavy (non-hydrogen) atoms. The molecule has 0 radical (unpaired) electrons. The van der Waals surface area contributed by atoms with E-state index < -0.39 is 11.6 Å². The molecule has 0 aromatic heterocycles. The summed E-state index contributed by atoms with van der Waals surface area (Å²) in [5.41, 5.74) is 2.55. The van der Waals surface area contributed by atoms with Crippen molar-refractivity contribution in [2.24, 2.45) is 0 Å². The average molecular weight is 439 g/mol. The van der Waals surface area contributed by atoms with Gasteiger partial charge in [0, 0.05) is 23.5 Å². The largest absolute Gasteiger partial charge is 0.332 e. The minimum absolute atomic E-state index is 0.305. The van der Waals surface area contributed by atoms with Crippen LogP contribution in [0.2, 0.25) is 10.0 Å². The number of carbonyl (C=O) groups excluding carboxylic acids is 2. The summed E-state index contributed by atoms with van der Waals surface area (Å²) in [4.78, 5) is 28.9. The third-order valence-electron chi connectivity index (χ3n) is 5.60. The number of amides is 3. The van der Waals surface area contributed by atoms with E-state index in [0.29, 0.717) is 22.2 Å². The molecule has 3 amide bonds. The number of benzene rings is 3. The Labute approximate surface area is 185 Å². The molecule has 6 heteroatoms. The average Bonchev–Trinajstić information content (AvgIpc) is 2.89. The van der Waals surface area contributed by atoms with E-state index in [1.165, 1.54) is 4.90 Å². The van der Waals surface area contributed by atoms with Gasteiger partial charge in [-0.25, -0.2) is 9.69 Å². The Morgan fingerprint density at radius 1 is 0.833 bits per heavy atom.